The zero-order chi connectivity index (χ0) is 22.8. The summed E-state index contributed by atoms with van der Waals surface area (Å²) < 4.78 is 9.93. The third-order valence-electron chi connectivity index (χ3n) is 6.82. The van der Waals surface area contributed by atoms with E-state index in [1.807, 2.05) is 67.6 Å². The highest BCUT2D eigenvalue weighted by atomic mass is 16.6. The topological polar surface area (TPSA) is 86.7 Å². The minimum Gasteiger partial charge on any atom is -0.393 e. The van der Waals surface area contributed by atoms with Crippen LogP contribution in [0, 0.1) is 23.7 Å². The molecule has 2 aliphatic rings. The molecule has 2 aromatic carbocycles. The molecule has 2 aliphatic heterocycles. The minimum atomic E-state index is -0.708. The lowest BCUT2D eigenvalue weighted by Gasteiger charge is -2.27. The van der Waals surface area contributed by atoms with Gasteiger partial charge in [0.25, 0.3) is 0 Å². The lowest BCUT2D eigenvalue weighted by Crippen LogP contribution is -2.29. The largest absolute Gasteiger partial charge is 0.393 e. The van der Waals surface area contributed by atoms with Crippen LogP contribution in [0.15, 0.2) is 60.7 Å². The van der Waals surface area contributed by atoms with Crippen LogP contribution in [0.5, 0.6) is 0 Å². The second-order valence-electron chi connectivity index (χ2n) is 8.81. The summed E-state index contributed by atoms with van der Waals surface area (Å²) in [5.74, 6) is -5.23. The molecule has 6 unspecified atom stereocenters. The second-order valence-corrected chi connectivity index (χ2v) is 8.81. The van der Waals surface area contributed by atoms with Gasteiger partial charge < -0.3 is 9.47 Å². The first kappa shape index (κ1) is 21.9. The standard InChI is InChI=1S/C26H26O6/c1-15(17-9-5-3-6-10-17)13-20-21(25(29)32-24(20)28)14-19(18-11-7-4-8-12-18)22-16(2)23(27)31-26(22)30/h3-12,15-16,19-22H,13-14H2,1-2H3. The summed E-state index contributed by atoms with van der Waals surface area (Å²) in [7, 11) is 0. The maximum Gasteiger partial charge on any atom is 0.318 e. The number of carbonyl (C=O) groups excluding carboxylic acids is 4. The Balaban J connectivity index is 1.62. The van der Waals surface area contributed by atoms with Crippen molar-refractivity contribution in [3.8, 4) is 0 Å². The first-order valence-electron chi connectivity index (χ1n) is 11.0. The molecular formula is C26H26O6. The molecule has 0 amide bonds. The first-order chi connectivity index (χ1) is 15.4. The van der Waals surface area contributed by atoms with Crippen molar-refractivity contribution in [1.82, 2.24) is 0 Å². The number of hydrogen-bond acceptors (Lipinski definition) is 6. The third kappa shape index (κ3) is 4.22. The van der Waals surface area contributed by atoms with Crippen LogP contribution >= 0.6 is 0 Å². The zero-order valence-electron chi connectivity index (χ0n) is 18.1. The molecule has 0 saturated carbocycles. The summed E-state index contributed by atoms with van der Waals surface area (Å²) in [6.45, 7) is 3.69. The molecule has 6 heteroatoms. The van der Waals surface area contributed by atoms with Crippen molar-refractivity contribution in [3.05, 3.63) is 71.8 Å². The molecule has 6 nitrogen and oxygen atoms in total. The Labute approximate surface area is 186 Å². The Morgan fingerprint density at radius 3 is 1.72 bits per heavy atom. The molecule has 0 radical (unpaired) electrons. The van der Waals surface area contributed by atoms with Crippen LogP contribution in [0.2, 0.25) is 0 Å². The van der Waals surface area contributed by atoms with Crippen molar-refractivity contribution < 1.29 is 28.7 Å². The minimum absolute atomic E-state index is 0.0503. The van der Waals surface area contributed by atoms with Crippen LogP contribution in [-0.4, -0.2) is 23.9 Å². The van der Waals surface area contributed by atoms with Crippen molar-refractivity contribution in [1.29, 1.82) is 0 Å². The number of cyclic esters (lactones) is 4. The molecule has 0 bridgehead atoms. The van der Waals surface area contributed by atoms with Crippen molar-refractivity contribution in [2.75, 3.05) is 0 Å². The predicted molar refractivity (Wildman–Crippen MR) is 115 cm³/mol. The van der Waals surface area contributed by atoms with E-state index in [0.717, 1.165) is 11.1 Å². The van der Waals surface area contributed by atoms with E-state index in [1.54, 1.807) is 6.92 Å². The lowest BCUT2D eigenvalue weighted by molar-refractivity contribution is -0.156. The van der Waals surface area contributed by atoms with Crippen molar-refractivity contribution >= 4 is 23.9 Å². The van der Waals surface area contributed by atoms with Crippen LogP contribution in [0.4, 0.5) is 0 Å². The van der Waals surface area contributed by atoms with E-state index >= 15 is 0 Å². The molecule has 166 valence electrons. The maximum atomic E-state index is 12.7. The van der Waals surface area contributed by atoms with E-state index in [4.69, 9.17) is 9.47 Å². The molecule has 2 heterocycles. The number of ether oxygens (including phenoxy) is 2. The number of esters is 4. The summed E-state index contributed by atoms with van der Waals surface area (Å²) in [4.78, 5) is 49.9. The van der Waals surface area contributed by atoms with Crippen LogP contribution in [0.3, 0.4) is 0 Å². The van der Waals surface area contributed by atoms with E-state index in [9.17, 15) is 19.2 Å². The van der Waals surface area contributed by atoms with Crippen LogP contribution in [-0.2, 0) is 28.7 Å². The number of carbonyl (C=O) groups is 4. The van der Waals surface area contributed by atoms with Crippen LogP contribution in [0.25, 0.3) is 0 Å². The van der Waals surface area contributed by atoms with Crippen molar-refractivity contribution in [3.63, 3.8) is 0 Å². The highest BCUT2D eigenvalue weighted by Gasteiger charge is 2.51. The summed E-state index contributed by atoms with van der Waals surface area (Å²) in [5.41, 5.74) is 1.91. The van der Waals surface area contributed by atoms with E-state index in [-0.39, 0.29) is 12.3 Å². The molecule has 0 N–H and O–H groups in total. The van der Waals surface area contributed by atoms with Gasteiger partial charge in [0.2, 0.25) is 0 Å². The Bertz CT molecular complexity index is 1020. The van der Waals surface area contributed by atoms with Gasteiger partial charge in [0.05, 0.1) is 23.7 Å². The normalized spacial score (nSPS) is 27.2. The van der Waals surface area contributed by atoms with E-state index in [1.165, 1.54) is 0 Å². The van der Waals surface area contributed by atoms with Gasteiger partial charge in [0.15, 0.2) is 0 Å². The lowest BCUT2D eigenvalue weighted by atomic mass is 9.72. The molecular weight excluding hydrogens is 408 g/mol. The highest BCUT2D eigenvalue weighted by Crippen LogP contribution is 2.44. The van der Waals surface area contributed by atoms with Gasteiger partial charge in [-0.25, -0.2) is 0 Å². The molecule has 32 heavy (non-hydrogen) atoms. The molecule has 2 aromatic rings. The fourth-order valence-corrected chi connectivity index (χ4v) is 4.99. The van der Waals surface area contributed by atoms with Crippen LogP contribution in [0.1, 0.15) is 49.7 Å². The molecule has 2 saturated heterocycles. The third-order valence-corrected chi connectivity index (χ3v) is 6.82. The van der Waals surface area contributed by atoms with E-state index in [2.05, 4.69) is 0 Å². The van der Waals surface area contributed by atoms with Gasteiger partial charge in [-0.2, -0.15) is 0 Å². The SMILES string of the molecule is CC(CC1C(=O)OC(=O)C1CC(c1ccccc1)C1C(=O)OC(=O)C1C)c1ccccc1. The number of rotatable bonds is 7. The van der Waals surface area contributed by atoms with Gasteiger partial charge in [0, 0.05) is 0 Å². The van der Waals surface area contributed by atoms with Gasteiger partial charge in [-0.15, -0.1) is 0 Å². The average molecular weight is 434 g/mol. The Morgan fingerprint density at radius 1 is 0.688 bits per heavy atom. The number of hydrogen-bond donors (Lipinski definition) is 0. The molecule has 4 rings (SSSR count). The van der Waals surface area contributed by atoms with Gasteiger partial charge in [-0.05, 0) is 35.8 Å². The Morgan fingerprint density at radius 2 is 1.19 bits per heavy atom. The Kier molecular flexibility index (Phi) is 6.21. The average Bonchev–Trinajstić information content (AvgIpc) is 3.20. The molecule has 0 aliphatic carbocycles. The van der Waals surface area contributed by atoms with Gasteiger partial charge >= 0.3 is 23.9 Å². The monoisotopic (exact) mass is 434 g/mol. The quantitative estimate of drug-likeness (QED) is 0.484. The first-order valence-corrected chi connectivity index (χ1v) is 11.0. The fourth-order valence-electron chi connectivity index (χ4n) is 4.99. The summed E-state index contributed by atoms with van der Waals surface area (Å²) in [5, 5.41) is 0. The van der Waals surface area contributed by atoms with E-state index < -0.39 is 53.5 Å². The summed E-state index contributed by atoms with van der Waals surface area (Å²) in [6, 6.07) is 19.1. The van der Waals surface area contributed by atoms with Crippen LogP contribution < -0.4 is 0 Å². The molecule has 0 spiro atoms. The number of benzene rings is 2. The van der Waals surface area contributed by atoms with Gasteiger partial charge in [-0.1, -0.05) is 74.5 Å². The summed E-state index contributed by atoms with van der Waals surface area (Å²) in [6.07, 6.45) is 0.697. The van der Waals surface area contributed by atoms with E-state index in [0.29, 0.717) is 6.42 Å². The van der Waals surface area contributed by atoms with Crippen molar-refractivity contribution in [2.24, 2.45) is 23.7 Å². The smallest absolute Gasteiger partial charge is 0.318 e. The second kappa shape index (κ2) is 9.07. The summed E-state index contributed by atoms with van der Waals surface area (Å²) >= 11 is 0. The fraction of sp³-hybridized carbons (Fsp3) is 0.385. The Hall–Kier alpha value is -3.28. The molecule has 0 aromatic heterocycles. The molecule has 6 atom stereocenters. The van der Waals surface area contributed by atoms with Gasteiger partial charge in [0.1, 0.15) is 0 Å². The predicted octanol–water partition coefficient (Wildman–Crippen LogP) is 4.01. The van der Waals surface area contributed by atoms with Crippen molar-refractivity contribution in [2.45, 2.75) is 38.5 Å². The maximum absolute atomic E-state index is 12.7. The van der Waals surface area contributed by atoms with Gasteiger partial charge in [-0.3, -0.25) is 19.2 Å². The molecule has 2 fully saturated rings. The highest BCUT2D eigenvalue weighted by molar-refractivity contribution is 5.98. The zero-order valence-corrected chi connectivity index (χ0v) is 18.1.